The SMILES string of the molecule is C[Si](C)(CC(=O)c1ccccc1)n1c(N)ccnc1=O. The van der Waals surface area contributed by atoms with E-state index in [1.807, 2.05) is 31.3 Å². The average molecular weight is 287 g/mol. The maximum atomic E-state index is 12.3. The average Bonchev–Trinajstić information content (AvgIpc) is 2.38. The van der Waals surface area contributed by atoms with Crippen LogP contribution < -0.4 is 11.4 Å². The number of nitrogens with zero attached hydrogens (tertiary/aromatic N) is 2. The highest BCUT2D eigenvalue weighted by Crippen LogP contribution is 2.17. The molecule has 1 aromatic carbocycles. The minimum Gasteiger partial charge on any atom is -0.386 e. The number of benzene rings is 1. The van der Waals surface area contributed by atoms with Gasteiger partial charge in [0.2, 0.25) is 0 Å². The molecule has 0 saturated carbocycles. The maximum absolute atomic E-state index is 12.3. The van der Waals surface area contributed by atoms with Crippen molar-refractivity contribution in [2.45, 2.75) is 19.1 Å². The molecule has 0 atom stereocenters. The van der Waals surface area contributed by atoms with Gasteiger partial charge in [0.25, 0.3) is 0 Å². The van der Waals surface area contributed by atoms with Gasteiger partial charge in [-0.2, -0.15) is 0 Å². The Morgan fingerprint density at radius 2 is 1.90 bits per heavy atom. The summed E-state index contributed by atoms with van der Waals surface area (Å²) in [5.41, 5.74) is 6.14. The molecule has 1 aromatic heterocycles. The first-order valence-electron chi connectivity index (χ1n) is 6.34. The van der Waals surface area contributed by atoms with Crippen molar-refractivity contribution in [1.82, 2.24) is 9.22 Å². The van der Waals surface area contributed by atoms with Crippen molar-refractivity contribution in [3.05, 3.63) is 58.6 Å². The summed E-state index contributed by atoms with van der Waals surface area (Å²) in [6, 6.07) is 11.0. The first kappa shape index (κ1) is 14.2. The monoisotopic (exact) mass is 287 g/mol. The summed E-state index contributed by atoms with van der Waals surface area (Å²) < 4.78 is 1.49. The van der Waals surface area contributed by atoms with Crippen LogP contribution in [0.3, 0.4) is 0 Å². The fourth-order valence-corrected chi connectivity index (χ4v) is 4.72. The molecule has 2 N–H and O–H groups in total. The van der Waals surface area contributed by atoms with E-state index in [9.17, 15) is 9.59 Å². The number of hydrogen-bond donors (Lipinski definition) is 1. The number of carbonyl (C=O) groups excluding carboxylic acids is 1. The summed E-state index contributed by atoms with van der Waals surface area (Å²) in [4.78, 5) is 28.0. The van der Waals surface area contributed by atoms with Crippen LogP contribution >= 0.6 is 0 Å². The largest absolute Gasteiger partial charge is 0.386 e. The number of hydrogen-bond acceptors (Lipinski definition) is 4. The molecule has 2 aromatic rings. The lowest BCUT2D eigenvalue weighted by molar-refractivity contribution is 0.101. The van der Waals surface area contributed by atoms with Crippen LogP contribution in [0.1, 0.15) is 10.4 Å². The molecule has 0 bridgehead atoms. The first-order valence-corrected chi connectivity index (χ1v) is 9.49. The highest BCUT2D eigenvalue weighted by Gasteiger charge is 2.30. The molecule has 0 spiro atoms. The van der Waals surface area contributed by atoms with Crippen LogP contribution in [0.5, 0.6) is 0 Å². The fourth-order valence-electron chi connectivity index (χ4n) is 2.23. The Bertz CT molecular complexity index is 680. The van der Waals surface area contributed by atoms with E-state index in [1.54, 1.807) is 18.2 Å². The topological polar surface area (TPSA) is 78.0 Å². The fraction of sp³-hybridized carbons (Fsp3) is 0.214. The van der Waals surface area contributed by atoms with Crippen LogP contribution in [0.15, 0.2) is 47.4 Å². The molecule has 2 rings (SSSR count). The predicted molar refractivity (Wildman–Crippen MR) is 81.4 cm³/mol. The smallest absolute Gasteiger partial charge is 0.340 e. The quantitative estimate of drug-likeness (QED) is 0.686. The van der Waals surface area contributed by atoms with E-state index in [-0.39, 0.29) is 11.5 Å². The van der Waals surface area contributed by atoms with Gasteiger partial charge in [0, 0.05) is 17.8 Å². The molecular weight excluding hydrogens is 270 g/mol. The molecule has 0 aliphatic rings. The van der Waals surface area contributed by atoms with Gasteiger partial charge in [-0.15, -0.1) is 0 Å². The zero-order chi connectivity index (χ0) is 14.8. The second-order valence-electron chi connectivity index (χ2n) is 5.27. The molecule has 0 fully saturated rings. The van der Waals surface area contributed by atoms with Crippen molar-refractivity contribution >= 4 is 19.8 Å². The van der Waals surface area contributed by atoms with E-state index in [0.717, 1.165) is 0 Å². The third-order valence-electron chi connectivity index (χ3n) is 3.17. The number of Topliss-reactive ketones (excluding diaryl/α,β-unsaturated/α-hetero) is 1. The van der Waals surface area contributed by atoms with Crippen LogP contribution in [0.25, 0.3) is 0 Å². The van der Waals surface area contributed by atoms with Crippen molar-refractivity contribution in [3.63, 3.8) is 0 Å². The minimum absolute atomic E-state index is 0.0254. The van der Waals surface area contributed by atoms with Gasteiger partial charge in [0.1, 0.15) is 5.82 Å². The van der Waals surface area contributed by atoms with Gasteiger partial charge in [0.15, 0.2) is 14.0 Å². The molecule has 6 heteroatoms. The Hall–Kier alpha value is -2.21. The number of nitrogens with two attached hydrogens (primary N) is 1. The number of carbonyl (C=O) groups is 1. The third kappa shape index (κ3) is 2.85. The molecule has 0 amide bonds. The molecule has 0 radical (unpaired) electrons. The Kier molecular flexibility index (Phi) is 3.85. The van der Waals surface area contributed by atoms with Gasteiger partial charge in [-0.05, 0) is 6.07 Å². The van der Waals surface area contributed by atoms with Gasteiger partial charge in [-0.25, -0.2) is 9.78 Å². The van der Waals surface area contributed by atoms with Gasteiger partial charge in [0.05, 0.1) is 0 Å². The van der Waals surface area contributed by atoms with Gasteiger partial charge in [-0.1, -0.05) is 43.4 Å². The van der Waals surface area contributed by atoms with Crippen molar-refractivity contribution < 1.29 is 4.79 Å². The highest BCUT2D eigenvalue weighted by atomic mass is 28.3. The zero-order valence-corrected chi connectivity index (χ0v) is 12.5. The summed E-state index contributed by atoms with van der Waals surface area (Å²) >= 11 is 0. The van der Waals surface area contributed by atoms with Crippen LogP contribution in [-0.4, -0.2) is 23.2 Å². The number of rotatable bonds is 4. The molecule has 0 unspecified atom stereocenters. The Morgan fingerprint density at radius 1 is 1.25 bits per heavy atom. The lowest BCUT2D eigenvalue weighted by Crippen LogP contribution is -2.47. The number of anilines is 1. The number of nitrogen functional groups attached to an aromatic ring is 1. The van der Waals surface area contributed by atoms with Crippen LogP contribution in [0, 0.1) is 0 Å². The molecule has 0 aliphatic carbocycles. The Labute approximate surface area is 118 Å². The summed E-state index contributed by atoms with van der Waals surface area (Å²) in [6.07, 6.45) is 1.39. The molecule has 20 heavy (non-hydrogen) atoms. The van der Waals surface area contributed by atoms with E-state index < -0.39 is 8.24 Å². The second-order valence-corrected chi connectivity index (χ2v) is 9.69. The zero-order valence-electron chi connectivity index (χ0n) is 11.5. The summed E-state index contributed by atoms with van der Waals surface area (Å²) in [5, 5.41) is 0. The van der Waals surface area contributed by atoms with Crippen LogP contribution in [-0.2, 0) is 0 Å². The first-order chi connectivity index (χ1) is 9.42. The van der Waals surface area contributed by atoms with Gasteiger partial charge < -0.3 is 9.97 Å². The van der Waals surface area contributed by atoms with E-state index in [2.05, 4.69) is 4.98 Å². The molecule has 104 valence electrons. The summed E-state index contributed by atoms with van der Waals surface area (Å²) in [6.45, 7) is 3.88. The van der Waals surface area contributed by atoms with Crippen molar-refractivity contribution in [2.75, 3.05) is 5.73 Å². The van der Waals surface area contributed by atoms with Gasteiger partial charge in [-0.3, -0.25) is 4.79 Å². The lowest BCUT2D eigenvalue weighted by Gasteiger charge is -2.25. The van der Waals surface area contributed by atoms with Gasteiger partial charge >= 0.3 is 5.69 Å². The van der Waals surface area contributed by atoms with Crippen LogP contribution in [0.4, 0.5) is 5.82 Å². The minimum atomic E-state index is -2.35. The van der Waals surface area contributed by atoms with Crippen molar-refractivity contribution in [3.8, 4) is 0 Å². The standard InChI is InChI=1S/C14H17N3O2Si/c1-20(2,17-13(15)8-9-16-14(17)19)10-12(18)11-6-4-3-5-7-11/h3-9H,10,15H2,1-2H3. The number of aromatic nitrogens is 2. The molecule has 5 nitrogen and oxygen atoms in total. The van der Waals surface area contributed by atoms with Crippen molar-refractivity contribution in [2.24, 2.45) is 0 Å². The molecular formula is C14H17N3O2Si. The highest BCUT2D eigenvalue weighted by molar-refractivity contribution is 6.79. The van der Waals surface area contributed by atoms with E-state index in [4.69, 9.17) is 5.73 Å². The Morgan fingerprint density at radius 3 is 2.50 bits per heavy atom. The lowest BCUT2D eigenvalue weighted by atomic mass is 10.2. The van der Waals surface area contributed by atoms with Crippen LogP contribution in [0.2, 0.25) is 19.1 Å². The predicted octanol–water partition coefficient (Wildman–Crippen LogP) is 1.76. The van der Waals surface area contributed by atoms with Crippen molar-refractivity contribution in [1.29, 1.82) is 0 Å². The molecule has 1 heterocycles. The normalized spacial score (nSPS) is 11.3. The number of ketones is 1. The van der Waals surface area contributed by atoms with E-state index >= 15 is 0 Å². The second kappa shape index (κ2) is 5.42. The maximum Gasteiger partial charge on any atom is 0.340 e. The van der Waals surface area contributed by atoms with E-state index in [0.29, 0.717) is 17.4 Å². The summed E-state index contributed by atoms with van der Waals surface area (Å²) in [5.74, 6) is 0.389. The Balaban J connectivity index is 2.32. The molecule has 0 aliphatic heterocycles. The summed E-state index contributed by atoms with van der Waals surface area (Å²) in [7, 11) is -2.35. The third-order valence-corrected chi connectivity index (χ3v) is 6.02. The molecule has 0 saturated heterocycles. The van der Waals surface area contributed by atoms with E-state index in [1.165, 1.54) is 10.4 Å².